The Bertz CT molecular complexity index is 869. The summed E-state index contributed by atoms with van der Waals surface area (Å²) < 4.78 is 5.76. The SMILES string of the molecule is C[C@@]12CCC[C@H]1[C@@H]1CCC3NC(=O)C(C(=S)Oc4ccccn4)=C[C@]3(C)[C@@H]1CC2. The van der Waals surface area contributed by atoms with Gasteiger partial charge in [-0.1, -0.05) is 32.4 Å². The summed E-state index contributed by atoms with van der Waals surface area (Å²) in [5, 5.41) is 3.51. The summed E-state index contributed by atoms with van der Waals surface area (Å²) in [6, 6.07) is 5.64. The molecule has 0 radical (unpaired) electrons. The molecular weight excluding hydrogens is 380 g/mol. The van der Waals surface area contributed by atoms with E-state index in [0.29, 0.717) is 22.8 Å². The van der Waals surface area contributed by atoms with Crippen molar-refractivity contribution in [2.45, 2.75) is 64.8 Å². The molecule has 5 heteroatoms. The van der Waals surface area contributed by atoms with Gasteiger partial charge in [-0.05, 0) is 80.0 Å². The number of carbonyl (C=O) groups is 1. The maximum Gasteiger partial charge on any atom is 0.255 e. The maximum atomic E-state index is 12.8. The smallest absolute Gasteiger partial charge is 0.255 e. The molecule has 1 aromatic rings. The third-order valence-corrected chi connectivity index (χ3v) is 8.92. The second-order valence-corrected chi connectivity index (χ2v) is 10.4. The predicted molar refractivity (Wildman–Crippen MR) is 116 cm³/mol. The summed E-state index contributed by atoms with van der Waals surface area (Å²) >= 11 is 5.52. The number of amides is 1. The van der Waals surface area contributed by atoms with Gasteiger partial charge in [0.15, 0.2) is 0 Å². The Morgan fingerprint density at radius 1 is 1.17 bits per heavy atom. The molecule has 3 fully saturated rings. The summed E-state index contributed by atoms with van der Waals surface area (Å²) in [5.74, 6) is 2.53. The van der Waals surface area contributed by atoms with Gasteiger partial charge in [-0.25, -0.2) is 4.98 Å². The highest BCUT2D eigenvalue weighted by Crippen LogP contribution is 2.63. The molecule has 0 saturated heterocycles. The Labute approximate surface area is 178 Å². The molecule has 2 heterocycles. The van der Waals surface area contributed by atoms with Gasteiger partial charge in [0.25, 0.3) is 5.91 Å². The summed E-state index contributed by atoms with van der Waals surface area (Å²) in [4.78, 5) is 17.0. The van der Waals surface area contributed by atoms with E-state index >= 15 is 0 Å². The van der Waals surface area contributed by atoms with Crippen LogP contribution in [0.1, 0.15) is 58.8 Å². The van der Waals surface area contributed by atoms with Crippen LogP contribution in [0.25, 0.3) is 0 Å². The summed E-state index contributed by atoms with van der Waals surface area (Å²) in [7, 11) is 0. The van der Waals surface area contributed by atoms with Gasteiger partial charge in [0.1, 0.15) is 0 Å². The molecule has 1 amide bonds. The molecule has 29 heavy (non-hydrogen) atoms. The first-order valence-corrected chi connectivity index (χ1v) is 11.5. The predicted octanol–water partition coefficient (Wildman–Crippen LogP) is 4.85. The molecule has 0 spiro atoms. The highest BCUT2D eigenvalue weighted by atomic mass is 32.1. The van der Waals surface area contributed by atoms with Gasteiger partial charge in [-0.2, -0.15) is 0 Å². The molecule has 3 saturated carbocycles. The second-order valence-electron chi connectivity index (χ2n) is 10.0. The Kier molecular flexibility index (Phi) is 4.57. The Balaban J connectivity index is 1.45. The summed E-state index contributed by atoms with van der Waals surface area (Å²) in [5.41, 5.74) is 0.977. The van der Waals surface area contributed by atoms with Crippen LogP contribution in [0.15, 0.2) is 36.0 Å². The van der Waals surface area contributed by atoms with E-state index < -0.39 is 0 Å². The minimum atomic E-state index is -0.103. The molecule has 4 nitrogen and oxygen atoms in total. The lowest BCUT2D eigenvalue weighted by Gasteiger charge is -2.58. The number of ether oxygens (including phenoxy) is 1. The zero-order valence-corrected chi connectivity index (χ0v) is 18.1. The van der Waals surface area contributed by atoms with Gasteiger partial charge in [-0.15, -0.1) is 0 Å². The van der Waals surface area contributed by atoms with Crippen LogP contribution >= 0.6 is 12.2 Å². The lowest BCUT2D eigenvalue weighted by molar-refractivity contribution is -0.122. The van der Waals surface area contributed by atoms with E-state index in [9.17, 15) is 4.79 Å². The van der Waals surface area contributed by atoms with E-state index in [1.807, 2.05) is 12.1 Å². The summed E-state index contributed by atoms with van der Waals surface area (Å²) in [6.45, 7) is 4.87. The van der Waals surface area contributed by atoms with Crippen molar-refractivity contribution in [2.24, 2.45) is 28.6 Å². The number of aromatic nitrogens is 1. The van der Waals surface area contributed by atoms with Gasteiger partial charge in [0.2, 0.25) is 10.9 Å². The van der Waals surface area contributed by atoms with E-state index in [2.05, 4.69) is 30.2 Å². The highest BCUT2D eigenvalue weighted by Gasteiger charge is 2.58. The van der Waals surface area contributed by atoms with E-state index in [0.717, 1.165) is 18.3 Å². The maximum absolute atomic E-state index is 12.8. The molecule has 1 aromatic heterocycles. The standard InChI is InChI=1S/C24H30N2O2S/c1-23-11-5-6-17(23)15-8-9-19-24(2,18(15)10-12-23)14-16(21(27)26-19)22(29)28-20-7-3-4-13-25-20/h3-4,7,13-15,17-19H,5-6,8-12H2,1-2H3,(H,26,27)/t15-,17-,18+,19?,23-,24+/m0/s1. The van der Waals surface area contributed by atoms with E-state index in [1.54, 1.807) is 12.3 Å². The van der Waals surface area contributed by atoms with Crippen molar-refractivity contribution in [3.8, 4) is 5.88 Å². The number of hydrogen-bond donors (Lipinski definition) is 1. The van der Waals surface area contributed by atoms with Crippen LogP contribution in [0, 0.1) is 28.6 Å². The first-order chi connectivity index (χ1) is 13.9. The highest BCUT2D eigenvalue weighted by molar-refractivity contribution is 7.80. The van der Waals surface area contributed by atoms with Gasteiger partial charge >= 0.3 is 0 Å². The first kappa shape index (κ1) is 19.2. The zero-order valence-electron chi connectivity index (χ0n) is 17.3. The van der Waals surface area contributed by atoms with Crippen LogP contribution < -0.4 is 10.1 Å². The van der Waals surface area contributed by atoms with E-state index in [-0.39, 0.29) is 22.4 Å². The number of pyridine rings is 1. The van der Waals surface area contributed by atoms with Gasteiger partial charge < -0.3 is 10.1 Å². The number of rotatable bonds is 2. The van der Waals surface area contributed by atoms with Crippen LogP contribution in [-0.2, 0) is 4.79 Å². The number of thiocarbonyl (C=S) groups is 1. The van der Waals surface area contributed by atoms with Crippen molar-refractivity contribution in [1.29, 1.82) is 0 Å². The Hall–Kier alpha value is -1.75. The monoisotopic (exact) mass is 410 g/mol. The average Bonchev–Trinajstić information content (AvgIpc) is 3.10. The molecule has 1 unspecified atom stereocenters. The van der Waals surface area contributed by atoms with Crippen molar-refractivity contribution >= 4 is 23.2 Å². The molecule has 5 rings (SSSR count). The largest absolute Gasteiger partial charge is 0.427 e. The van der Waals surface area contributed by atoms with Crippen LogP contribution in [0.3, 0.4) is 0 Å². The number of hydrogen-bond acceptors (Lipinski definition) is 4. The van der Waals surface area contributed by atoms with E-state index in [1.165, 1.54) is 38.5 Å². The van der Waals surface area contributed by atoms with E-state index in [4.69, 9.17) is 17.0 Å². The molecule has 6 atom stereocenters. The van der Waals surface area contributed by atoms with Crippen molar-refractivity contribution in [2.75, 3.05) is 0 Å². The van der Waals surface area contributed by atoms with Crippen molar-refractivity contribution < 1.29 is 9.53 Å². The zero-order chi connectivity index (χ0) is 20.2. The lowest BCUT2D eigenvalue weighted by atomic mass is 9.48. The fourth-order valence-electron chi connectivity index (χ4n) is 7.14. The minimum absolute atomic E-state index is 0.0619. The van der Waals surface area contributed by atoms with Crippen LogP contribution in [0.5, 0.6) is 5.88 Å². The molecule has 4 aliphatic rings. The molecule has 3 aliphatic carbocycles. The number of fused-ring (bicyclic) bond motifs is 5. The molecular formula is C24H30N2O2S. The van der Waals surface area contributed by atoms with Crippen molar-refractivity contribution in [1.82, 2.24) is 10.3 Å². The topological polar surface area (TPSA) is 51.2 Å². The fourth-order valence-corrected chi connectivity index (χ4v) is 7.38. The Morgan fingerprint density at radius 3 is 2.83 bits per heavy atom. The first-order valence-electron chi connectivity index (χ1n) is 11.1. The molecule has 0 aromatic carbocycles. The molecule has 154 valence electrons. The van der Waals surface area contributed by atoms with Crippen LogP contribution in [0.2, 0.25) is 0 Å². The fraction of sp³-hybridized carbons (Fsp3) is 0.625. The Morgan fingerprint density at radius 2 is 2.03 bits per heavy atom. The molecule has 1 N–H and O–H groups in total. The third kappa shape index (κ3) is 3.04. The third-order valence-electron chi connectivity index (χ3n) is 8.62. The number of nitrogens with one attached hydrogen (secondary N) is 1. The number of nitrogens with zero attached hydrogens (tertiary/aromatic N) is 1. The normalized spacial score (nSPS) is 40.8. The average molecular weight is 411 g/mol. The van der Waals surface area contributed by atoms with Gasteiger partial charge in [0, 0.05) is 23.7 Å². The minimum Gasteiger partial charge on any atom is -0.427 e. The quantitative estimate of drug-likeness (QED) is 0.709. The number of carbonyl (C=O) groups excluding carboxylic acids is 1. The van der Waals surface area contributed by atoms with Crippen LogP contribution in [0.4, 0.5) is 0 Å². The van der Waals surface area contributed by atoms with Gasteiger partial charge in [-0.3, -0.25) is 4.79 Å². The van der Waals surface area contributed by atoms with Crippen molar-refractivity contribution in [3.05, 3.63) is 36.0 Å². The summed E-state index contributed by atoms with van der Waals surface area (Å²) in [6.07, 6.45) is 12.8. The van der Waals surface area contributed by atoms with Crippen molar-refractivity contribution in [3.63, 3.8) is 0 Å². The lowest BCUT2D eigenvalue weighted by Crippen LogP contribution is -2.60. The molecule has 1 aliphatic heterocycles. The van der Waals surface area contributed by atoms with Gasteiger partial charge in [0.05, 0.1) is 5.57 Å². The second kappa shape index (κ2) is 6.90. The van der Waals surface area contributed by atoms with Crippen LogP contribution in [-0.4, -0.2) is 22.0 Å². The molecule has 0 bridgehead atoms.